The van der Waals surface area contributed by atoms with E-state index in [0.29, 0.717) is 104 Å². The van der Waals surface area contributed by atoms with E-state index in [1.807, 2.05) is 36.4 Å². The number of anilines is 2. The molecular formula is C41H46ClN3O10. The number of carbonyl (C=O) groups is 4. The van der Waals surface area contributed by atoms with Gasteiger partial charge in [0.1, 0.15) is 11.5 Å². The number of hydrogen-bond acceptors (Lipinski definition) is 12. The molecule has 0 unspecified atom stereocenters. The zero-order valence-corrected chi connectivity index (χ0v) is 31.9. The zero-order valence-electron chi connectivity index (χ0n) is 31.1. The van der Waals surface area contributed by atoms with Gasteiger partial charge in [0, 0.05) is 91.0 Å². The minimum Gasteiger partial charge on any atom is -0.469 e. The molecule has 0 atom stereocenters. The first-order chi connectivity index (χ1) is 26.8. The van der Waals surface area contributed by atoms with Crippen molar-refractivity contribution in [2.75, 3.05) is 89.1 Å². The topological polar surface area (TPSA) is 142 Å². The zero-order chi connectivity index (χ0) is 38.5. The highest BCUT2D eigenvalue weighted by Gasteiger charge is 2.54. The number of nitrogens with one attached hydrogen (secondary N) is 1. The summed E-state index contributed by atoms with van der Waals surface area (Å²) in [7, 11) is 2.77. The number of methoxy groups -OCH3 is 2. The van der Waals surface area contributed by atoms with Gasteiger partial charge in [0.25, 0.3) is 5.91 Å². The summed E-state index contributed by atoms with van der Waals surface area (Å²) in [4.78, 5) is 55.4. The maximum absolute atomic E-state index is 13.7. The van der Waals surface area contributed by atoms with Crippen LogP contribution in [0.5, 0.6) is 11.5 Å². The molecule has 13 nitrogen and oxygen atoms in total. The summed E-state index contributed by atoms with van der Waals surface area (Å²) in [5.74, 6) is -0.142. The summed E-state index contributed by atoms with van der Waals surface area (Å²) in [6, 6.07) is 16.3. The summed E-state index contributed by atoms with van der Waals surface area (Å²) in [6.07, 6.45) is 4.21. The number of carbonyl (C=O) groups excluding carboxylic acids is 4. The number of fused-ring (bicyclic) bond motifs is 6. The van der Waals surface area contributed by atoms with Crippen LogP contribution < -0.4 is 19.9 Å². The Kier molecular flexibility index (Phi) is 11.8. The van der Waals surface area contributed by atoms with Gasteiger partial charge < -0.3 is 43.5 Å². The van der Waals surface area contributed by atoms with Crippen molar-refractivity contribution in [2.24, 2.45) is 11.8 Å². The number of nitrogens with zero attached hydrogens (tertiary/aromatic N) is 2. The van der Waals surface area contributed by atoms with Crippen molar-refractivity contribution in [2.45, 2.75) is 31.3 Å². The van der Waals surface area contributed by atoms with Gasteiger partial charge in [-0.3, -0.25) is 14.4 Å². The fourth-order valence-electron chi connectivity index (χ4n) is 7.56. The fraction of sp³-hybridized carbons (Fsp3) is 0.463. The quantitative estimate of drug-likeness (QED) is 0.0851. The van der Waals surface area contributed by atoms with Crippen LogP contribution in [0.3, 0.4) is 0 Å². The van der Waals surface area contributed by atoms with Gasteiger partial charge in [-0.1, -0.05) is 12.8 Å². The summed E-state index contributed by atoms with van der Waals surface area (Å²) in [5.41, 5.74) is 2.70. The lowest BCUT2D eigenvalue weighted by atomic mass is 9.77. The van der Waals surface area contributed by atoms with E-state index in [0.717, 1.165) is 37.1 Å². The Hall–Kier alpha value is -4.85. The van der Waals surface area contributed by atoms with Crippen LogP contribution >= 0.6 is 11.6 Å². The van der Waals surface area contributed by atoms with Crippen LogP contribution in [0.2, 0.25) is 0 Å². The minimum atomic E-state index is -1.41. The van der Waals surface area contributed by atoms with Crippen LogP contribution in [0.25, 0.3) is 0 Å². The molecule has 2 fully saturated rings. The Morgan fingerprint density at radius 1 is 0.745 bits per heavy atom. The van der Waals surface area contributed by atoms with Crippen molar-refractivity contribution < 1.29 is 47.6 Å². The van der Waals surface area contributed by atoms with Crippen molar-refractivity contribution in [3.05, 3.63) is 82.4 Å². The predicted molar refractivity (Wildman–Crippen MR) is 203 cm³/mol. The molecule has 55 heavy (non-hydrogen) atoms. The van der Waals surface area contributed by atoms with E-state index in [9.17, 15) is 19.2 Å². The molecule has 0 bridgehead atoms. The average molecular weight is 776 g/mol. The van der Waals surface area contributed by atoms with Crippen LogP contribution in [-0.4, -0.2) is 103 Å². The number of benzene rings is 3. The molecule has 7 rings (SSSR count). The van der Waals surface area contributed by atoms with Crippen molar-refractivity contribution >= 4 is 46.8 Å². The Morgan fingerprint density at radius 2 is 1.33 bits per heavy atom. The van der Waals surface area contributed by atoms with Gasteiger partial charge in [-0.25, -0.2) is 4.79 Å². The van der Waals surface area contributed by atoms with Crippen molar-refractivity contribution in [1.29, 1.82) is 0 Å². The maximum atomic E-state index is 13.7. The van der Waals surface area contributed by atoms with E-state index in [-0.39, 0.29) is 29.7 Å². The monoisotopic (exact) mass is 775 g/mol. The number of alkyl halides is 1. The van der Waals surface area contributed by atoms with Crippen molar-refractivity contribution in [3.8, 4) is 11.5 Å². The van der Waals surface area contributed by atoms with Gasteiger partial charge >= 0.3 is 17.9 Å². The standard InChI is InChI=1S/C41H46ClN3O10/c1-50-38(47)27-22-44(23-27)29-8-11-32-35(20-29)54-36-21-30(45-24-28(25-45)39(48)51-2)9-12-33(36)41(32)34-19-26(7-10-31(34)40(49)55-41)37(46)43-14-16-53-18-17-52-15-6-4-3-5-13-42/h7-12,19-21,27-28H,3-6,13-18,22-25H2,1-2H3,(H,43,46). The molecule has 3 aromatic carbocycles. The second-order valence-corrected chi connectivity index (χ2v) is 14.5. The van der Waals surface area contributed by atoms with Gasteiger partial charge in [-0.2, -0.15) is 0 Å². The molecule has 14 heteroatoms. The summed E-state index contributed by atoms with van der Waals surface area (Å²) in [5, 5.41) is 2.92. The average Bonchev–Trinajstić information content (AvgIpc) is 3.44. The van der Waals surface area contributed by atoms with Gasteiger partial charge in [-0.15, -0.1) is 11.6 Å². The second kappa shape index (κ2) is 16.9. The molecular weight excluding hydrogens is 730 g/mol. The summed E-state index contributed by atoms with van der Waals surface area (Å²) in [6.45, 7) is 4.20. The van der Waals surface area contributed by atoms with Crippen molar-refractivity contribution in [1.82, 2.24) is 5.32 Å². The molecule has 292 valence electrons. The number of halogens is 1. The van der Waals surface area contributed by atoms with Crippen molar-refractivity contribution in [3.63, 3.8) is 0 Å². The normalized spacial score (nSPS) is 16.6. The molecule has 4 heterocycles. The van der Waals surface area contributed by atoms with Crippen LogP contribution in [0.15, 0.2) is 54.6 Å². The van der Waals surface area contributed by atoms with Gasteiger partial charge in [-0.05, 0) is 55.3 Å². The molecule has 4 aliphatic heterocycles. The fourth-order valence-corrected chi connectivity index (χ4v) is 7.75. The van der Waals surface area contributed by atoms with Gasteiger partial charge in [0.2, 0.25) is 0 Å². The SMILES string of the molecule is COC(=O)C1CN(c2ccc3c(c2)Oc2cc(N4CC(C(=O)OC)C4)ccc2C32OC(=O)c3ccc(C(=O)NCCOCCOCCCCCCCl)cc32)C1. The van der Waals surface area contributed by atoms with Crippen LogP contribution in [0.1, 0.15) is 63.1 Å². The Morgan fingerprint density at radius 3 is 1.91 bits per heavy atom. The smallest absolute Gasteiger partial charge is 0.340 e. The Balaban J connectivity index is 1.10. The third kappa shape index (κ3) is 7.70. The largest absolute Gasteiger partial charge is 0.469 e. The molecule has 0 saturated carbocycles. The highest BCUT2D eigenvalue weighted by molar-refractivity contribution is 6.17. The van der Waals surface area contributed by atoms with E-state index in [1.54, 1.807) is 18.2 Å². The van der Waals surface area contributed by atoms with E-state index >= 15 is 0 Å². The van der Waals surface area contributed by atoms with E-state index in [1.165, 1.54) is 14.2 Å². The molecule has 1 spiro atoms. The summed E-state index contributed by atoms with van der Waals surface area (Å²) >= 11 is 5.71. The van der Waals surface area contributed by atoms with Gasteiger partial charge in [0.05, 0.1) is 51.4 Å². The minimum absolute atomic E-state index is 0.221. The molecule has 1 amide bonds. The lowest BCUT2D eigenvalue weighted by molar-refractivity contribution is -0.147. The highest BCUT2D eigenvalue weighted by atomic mass is 35.5. The van der Waals surface area contributed by atoms with E-state index in [2.05, 4.69) is 15.1 Å². The lowest BCUT2D eigenvalue weighted by Crippen LogP contribution is -2.51. The number of ether oxygens (including phenoxy) is 6. The van der Waals surface area contributed by atoms with E-state index in [4.69, 9.17) is 40.0 Å². The molecule has 4 aliphatic rings. The number of esters is 3. The third-order valence-corrected chi connectivity index (χ3v) is 10.9. The molecule has 0 aromatic heterocycles. The van der Waals surface area contributed by atoms with Crippen LogP contribution in [-0.2, 0) is 38.9 Å². The first kappa shape index (κ1) is 38.4. The lowest BCUT2D eigenvalue weighted by Gasteiger charge is -2.42. The maximum Gasteiger partial charge on any atom is 0.340 e. The van der Waals surface area contributed by atoms with Crippen LogP contribution in [0.4, 0.5) is 11.4 Å². The number of hydrogen-bond donors (Lipinski definition) is 1. The summed E-state index contributed by atoms with van der Waals surface area (Å²) < 4.78 is 34.1. The molecule has 2 saturated heterocycles. The highest BCUT2D eigenvalue weighted by Crippen LogP contribution is 2.57. The number of amides is 1. The predicted octanol–water partition coefficient (Wildman–Crippen LogP) is 5.04. The van der Waals surface area contributed by atoms with Crippen LogP contribution in [0, 0.1) is 11.8 Å². The third-order valence-electron chi connectivity index (χ3n) is 10.7. The first-order valence-corrected chi connectivity index (χ1v) is 19.3. The van der Waals surface area contributed by atoms with Gasteiger partial charge in [0.15, 0.2) is 5.60 Å². The van der Waals surface area contributed by atoms with E-state index < -0.39 is 11.6 Å². The molecule has 0 aliphatic carbocycles. The molecule has 3 aromatic rings. The Labute approximate surface area is 325 Å². The Bertz CT molecular complexity index is 1840. The first-order valence-electron chi connectivity index (χ1n) is 18.8. The second-order valence-electron chi connectivity index (χ2n) is 14.1. The molecule has 1 N–H and O–H groups in total. The molecule has 0 radical (unpaired) electrons. The number of rotatable bonds is 17. The number of unbranched alkanes of at least 4 members (excludes halogenated alkanes) is 3.